The number of nitrogens with one attached hydrogen (secondary N) is 3. The van der Waals surface area contributed by atoms with Gasteiger partial charge >= 0.3 is 6.18 Å². The van der Waals surface area contributed by atoms with Gasteiger partial charge in [0, 0.05) is 33.7 Å². The summed E-state index contributed by atoms with van der Waals surface area (Å²) in [6, 6.07) is 11.5. The molecule has 4 rings (SSSR count). The number of imidazole rings is 1. The monoisotopic (exact) mass is 392 g/mol. The molecule has 0 amide bonds. The molecule has 0 unspecified atom stereocenters. The summed E-state index contributed by atoms with van der Waals surface area (Å²) in [6.07, 6.45) is -4.54. The Hall–Kier alpha value is -3.00. The molecule has 0 aliphatic rings. The molecular formula is C18H12ClF3N4O. The highest BCUT2D eigenvalue weighted by atomic mass is 35.5. The van der Waals surface area contributed by atoms with E-state index in [0.717, 1.165) is 5.39 Å². The molecule has 0 spiro atoms. The molecule has 27 heavy (non-hydrogen) atoms. The number of hydrogen-bond donors (Lipinski definition) is 3. The van der Waals surface area contributed by atoms with Gasteiger partial charge in [-0.15, -0.1) is 0 Å². The lowest BCUT2D eigenvalue weighted by Gasteiger charge is -2.07. The second-order valence-electron chi connectivity index (χ2n) is 6.02. The van der Waals surface area contributed by atoms with Gasteiger partial charge in [-0.25, -0.2) is 4.98 Å². The second kappa shape index (κ2) is 6.31. The van der Waals surface area contributed by atoms with Crippen molar-refractivity contribution in [1.82, 2.24) is 15.0 Å². The fourth-order valence-electron chi connectivity index (χ4n) is 2.80. The zero-order valence-electron chi connectivity index (χ0n) is 13.6. The first-order chi connectivity index (χ1) is 12.8. The largest absolute Gasteiger partial charge is 0.449 e. The number of hydrogen-bond acceptors (Lipinski definition) is 3. The zero-order valence-corrected chi connectivity index (χ0v) is 14.4. The first kappa shape index (κ1) is 17.4. The Morgan fingerprint density at radius 2 is 1.81 bits per heavy atom. The smallest absolute Gasteiger partial charge is 0.381 e. The molecule has 3 N–H and O–H groups in total. The van der Waals surface area contributed by atoms with Gasteiger partial charge in [0.15, 0.2) is 0 Å². The second-order valence-corrected chi connectivity index (χ2v) is 6.46. The van der Waals surface area contributed by atoms with Crippen LogP contribution in [0.1, 0.15) is 11.4 Å². The van der Waals surface area contributed by atoms with Gasteiger partial charge in [-0.2, -0.15) is 13.2 Å². The molecule has 2 aromatic carbocycles. The van der Waals surface area contributed by atoms with E-state index in [1.165, 1.54) is 12.1 Å². The van der Waals surface area contributed by atoms with Crippen LogP contribution >= 0.6 is 11.6 Å². The quantitative estimate of drug-likeness (QED) is 0.473. The lowest BCUT2D eigenvalue weighted by molar-refractivity contribution is -0.144. The van der Waals surface area contributed by atoms with Crippen LogP contribution in [-0.4, -0.2) is 15.0 Å². The number of alkyl halides is 3. The Morgan fingerprint density at radius 1 is 1.04 bits per heavy atom. The van der Waals surface area contributed by atoms with Gasteiger partial charge in [0.05, 0.1) is 11.0 Å². The SMILES string of the molecule is O=c1[nH]c2ccc(Cl)cc2cc1CNc1ccc2[nH]c(C(F)(F)F)nc2c1. The molecule has 0 saturated heterocycles. The third-order valence-corrected chi connectivity index (χ3v) is 4.35. The number of benzene rings is 2. The average molecular weight is 393 g/mol. The predicted octanol–water partition coefficient (Wildman–Crippen LogP) is 4.69. The van der Waals surface area contributed by atoms with Gasteiger partial charge in [-0.05, 0) is 42.5 Å². The summed E-state index contributed by atoms with van der Waals surface area (Å²) >= 11 is 5.98. The Kier molecular flexibility index (Phi) is 4.07. The summed E-state index contributed by atoms with van der Waals surface area (Å²) in [5.41, 5.74) is 1.91. The number of pyridine rings is 1. The van der Waals surface area contributed by atoms with Crippen molar-refractivity contribution in [1.29, 1.82) is 0 Å². The number of nitrogens with zero attached hydrogens (tertiary/aromatic N) is 1. The van der Waals surface area contributed by atoms with E-state index >= 15 is 0 Å². The van der Waals surface area contributed by atoms with Crippen LogP contribution in [0.3, 0.4) is 0 Å². The Balaban J connectivity index is 1.60. The molecule has 0 radical (unpaired) electrons. The molecule has 9 heteroatoms. The van der Waals surface area contributed by atoms with Crippen LogP contribution in [0.2, 0.25) is 5.02 Å². The fraction of sp³-hybridized carbons (Fsp3) is 0.111. The first-order valence-corrected chi connectivity index (χ1v) is 8.30. The molecule has 5 nitrogen and oxygen atoms in total. The highest BCUT2D eigenvalue weighted by Gasteiger charge is 2.34. The minimum Gasteiger partial charge on any atom is -0.381 e. The van der Waals surface area contributed by atoms with Gasteiger partial charge in [0.2, 0.25) is 5.82 Å². The number of fused-ring (bicyclic) bond motifs is 2. The van der Waals surface area contributed by atoms with Crippen LogP contribution in [0, 0.1) is 0 Å². The molecule has 4 aromatic rings. The van der Waals surface area contributed by atoms with Crippen LogP contribution in [0.25, 0.3) is 21.9 Å². The molecule has 138 valence electrons. The van der Waals surface area contributed by atoms with Crippen molar-refractivity contribution in [3.8, 4) is 0 Å². The number of rotatable bonds is 3. The fourth-order valence-corrected chi connectivity index (χ4v) is 2.98. The lowest BCUT2D eigenvalue weighted by atomic mass is 10.1. The van der Waals surface area contributed by atoms with Crippen LogP contribution < -0.4 is 10.9 Å². The Morgan fingerprint density at radius 3 is 2.59 bits per heavy atom. The summed E-state index contributed by atoms with van der Waals surface area (Å²) in [5.74, 6) is -1.04. The van der Waals surface area contributed by atoms with Crippen molar-refractivity contribution in [2.24, 2.45) is 0 Å². The van der Waals surface area contributed by atoms with Crippen LogP contribution in [0.4, 0.5) is 18.9 Å². The maximum atomic E-state index is 12.7. The molecular weight excluding hydrogens is 381 g/mol. The van der Waals surface area contributed by atoms with Crippen molar-refractivity contribution < 1.29 is 13.2 Å². The third kappa shape index (κ3) is 3.48. The highest BCUT2D eigenvalue weighted by Crippen LogP contribution is 2.29. The first-order valence-electron chi connectivity index (χ1n) is 7.92. The van der Waals surface area contributed by atoms with Gasteiger partial charge < -0.3 is 15.3 Å². The summed E-state index contributed by atoms with van der Waals surface area (Å²) in [6.45, 7) is 0.194. The minimum absolute atomic E-state index is 0.187. The van der Waals surface area contributed by atoms with Gasteiger partial charge in [0.25, 0.3) is 5.56 Å². The van der Waals surface area contributed by atoms with Crippen molar-refractivity contribution in [3.63, 3.8) is 0 Å². The van der Waals surface area contributed by atoms with Gasteiger partial charge in [0.1, 0.15) is 0 Å². The number of aromatic amines is 2. The van der Waals surface area contributed by atoms with Crippen molar-refractivity contribution >= 4 is 39.2 Å². The third-order valence-electron chi connectivity index (χ3n) is 4.12. The van der Waals surface area contributed by atoms with Crippen molar-refractivity contribution in [2.45, 2.75) is 12.7 Å². The van der Waals surface area contributed by atoms with Crippen LogP contribution in [-0.2, 0) is 12.7 Å². The zero-order chi connectivity index (χ0) is 19.2. The van der Waals surface area contributed by atoms with Crippen molar-refractivity contribution in [3.05, 3.63) is 69.2 Å². The maximum absolute atomic E-state index is 12.7. The summed E-state index contributed by atoms with van der Waals surface area (Å²) in [7, 11) is 0. The van der Waals surface area contributed by atoms with E-state index in [4.69, 9.17) is 11.6 Å². The van der Waals surface area contributed by atoms with Crippen molar-refractivity contribution in [2.75, 3.05) is 5.32 Å². The maximum Gasteiger partial charge on any atom is 0.449 e. The van der Waals surface area contributed by atoms with E-state index < -0.39 is 12.0 Å². The minimum atomic E-state index is -4.54. The molecule has 0 fully saturated rings. The molecule has 0 aliphatic carbocycles. The normalized spacial score (nSPS) is 12.0. The number of aromatic nitrogens is 3. The molecule has 0 aliphatic heterocycles. The summed E-state index contributed by atoms with van der Waals surface area (Å²) < 4.78 is 38.2. The molecule has 0 saturated carbocycles. The predicted molar refractivity (Wildman–Crippen MR) is 98.0 cm³/mol. The van der Waals surface area contributed by atoms with E-state index in [1.807, 2.05) is 0 Å². The lowest BCUT2D eigenvalue weighted by Crippen LogP contribution is -2.15. The van der Waals surface area contributed by atoms with Gasteiger partial charge in [-0.1, -0.05) is 11.6 Å². The topological polar surface area (TPSA) is 73.6 Å². The van der Waals surface area contributed by atoms with E-state index in [1.54, 1.807) is 30.3 Å². The van der Waals surface area contributed by atoms with Crippen LogP contribution in [0.5, 0.6) is 0 Å². The number of anilines is 1. The highest BCUT2D eigenvalue weighted by molar-refractivity contribution is 6.31. The van der Waals surface area contributed by atoms with E-state index in [9.17, 15) is 18.0 Å². The standard InChI is InChI=1S/C18H12ClF3N4O/c19-11-1-3-13-9(6-11)5-10(16(27)24-13)8-23-12-2-4-14-15(7-12)26-17(25-14)18(20,21)22/h1-7,23H,8H2,(H,24,27)(H,25,26). The average Bonchev–Trinajstić information content (AvgIpc) is 3.04. The van der Waals surface area contributed by atoms with E-state index in [-0.39, 0.29) is 23.1 Å². The molecule has 2 heterocycles. The summed E-state index contributed by atoms with van der Waals surface area (Å²) in [4.78, 5) is 20.8. The molecule has 0 bridgehead atoms. The molecule has 2 aromatic heterocycles. The van der Waals surface area contributed by atoms with Gasteiger partial charge in [-0.3, -0.25) is 4.79 Å². The number of H-pyrrole nitrogens is 2. The van der Waals surface area contributed by atoms with Crippen LogP contribution in [0.15, 0.2) is 47.3 Å². The van der Waals surface area contributed by atoms with E-state index in [2.05, 4.69) is 20.3 Å². The number of halogens is 4. The Labute approximate surface area is 155 Å². The summed E-state index contributed by atoms with van der Waals surface area (Å²) in [5, 5.41) is 4.38. The Bertz CT molecular complexity index is 1210. The van der Waals surface area contributed by atoms with E-state index in [0.29, 0.717) is 21.8 Å². The molecule has 0 atom stereocenters.